The summed E-state index contributed by atoms with van der Waals surface area (Å²) in [6.07, 6.45) is 0. The Balaban J connectivity index is 2.28. The van der Waals surface area contributed by atoms with E-state index in [1.165, 1.54) is 22.7 Å². The zero-order chi connectivity index (χ0) is 12.7. The predicted octanol–water partition coefficient (Wildman–Crippen LogP) is 3.24. The molecule has 7 heteroatoms. The van der Waals surface area contributed by atoms with Crippen LogP contribution in [0, 0.1) is 5.82 Å². The van der Waals surface area contributed by atoms with Crippen molar-refractivity contribution in [3.8, 4) is 11.4 Å². The number of nitrogens with zero attached hydrogens (tertiary/aromatic N) is 4. The molecule has 0 N–H and O–H groups in total. The van der Waals surface area contributed by atoms with Gasteiger partial charge >= 0.3 is 0 Å². The van der Waals surface area contributed by atoms with Crippen LogP contribution in [0.3, 0.4) is 0 Å². The van der Waals surface area contributed by atoms with Gasteiger partial charge in [0.2, 0.25) is 0 Å². The SMILES string of the molecule is Fc1ccc(-c2nnc3ccc(Cl)nn23)c(Cl)c1. The van der Waals surface area contributed by atoms with Gasteiger partial charge in [0.05, 0.1) is 5.02 Å². The lowest BCUT2D eigenvalue weighted by Crippen LogP contribution is -1.95. The van der Waals surface area contributed by atoms with Crippen molar-refractivity contribution in [2.24, 2.45) is 0 Å². The van der Waals surface area contributed by atoms with Gasteiger partial charge in [-0.05, 0) is 30.3 Å². The average Bonchev–Trinajstić information content (AvgIpc) is 2.72. The number of benzene rings is 1. The first-order valence-corrected chi connectivity index (χ1v) is 5.74. The Morgan fingerprint density at radius 2 is 1.89 bits per heavy atom. The molecule has 2 aromatic heterocycles. The van der Waals surface area contributed by atoms with E-state index in [4.69, 9.17) is 23.2 Å². The molecule has 0 aliphatic heterocycles. The highest BCUT2D eigenvalue weighted by atomic mass is 35.5. The fourth-order valence-electron chi connectivity index (χ4n) is 1.61. The molecule has 90 valence electrons. The van der Waals surface area contributed by atoms with Crippen molar-refractivity contribution in [1.29, 1.82) is 0 Å². The Kier molecular flexibility index (Phi) is 2.65. The smallest absolute Gasteiger partial charge is 0.186 e. The van der Waals surface area contributed by atoms with E-state index >= 15 is 0 Å². The van der Waals surface area contributed by atoms with Gasteiger partial charge in [0.25, 0.3) is 0 Å². The molecule has 0 saturated heterocycles. The number of fused-ring (bicyclic) bond motifs is 1. The summed E-state index contributed by atoms with van der Waals surface area (Å²) in [6.45, 7) is 0. The normalized spacial score (nSPS) is 11.1. The van der Waals surface area contributed by atoms with Gasteiger partial charge < -0.3 is 0 Å². The molecule has 0 fully saturated rings. The van der Waals surface area contributed by atoms with E-state index in [0.29, 0.717) is 22.2 Å². The Morgan fingerprint density at radius 3 is 2.67 bits per heavy atom. The van der Waals surface area contributed by atoms with Crippen molar-refractivity contribution < 1.29 is 4.39 Å². The summed E-state index contributed by atoms with van der Waals surface area (Å²) in [6, 6.07) is 7.33. The van der Waals surface area contributed by atoms with Crippen LogP contribution < -0.4 is 0 Å². The van der Waals surface area contributed by atoms with E-state index in [0.717, 1.165) is 0 Å². The molecule has 0 amide bonds. The molecule has 18 heavy (non-hydrogen) atoms. The molecule has 3 rings (SSSR count). The van der Waals surface area contributed by atoms with E-state index in [1.54, 1.807) is 12.1 Å². The van der Waals surface area contributed by atoms with Crippen LogP contribution >= 0.6 is 23.2 Å². The van der Waals surface area contributed by atoms with Gasteiger partial charge in [0.1, 0.15) is 11.0 Å². The van der Waals surface area contributed by atoms with E-state index < -0.39 is 5.82 Å². The number of rotatable bonds is 1. The van der Waals surface area contributed by atoms with Crippen molar-refractivity contribution >= 4 is 28.8 Å². The fraction of sp³-hybridized carbons (Fsp3) is 0. The van der Waals surface area contributed by atoms with Crippen LogP contribution in [0.1, 0.15) is 0 Å². The van der Waals surface area contributed by atoms with Crippen molar-refractivity contribution in [3.63, 3.8) is 0 Å². The number of hydrogen-bond donors (Lipinski definition) is 0. The molecule has 4 nitrogen and oxygen atoms in total. The van der Waals surface area contributed by atoms with Gasteiger partial charge in [-0.2, -0.15) is 9.61 Å². The molecule has 0 saturated carbocycles. The number of hydrogen-bond acceptors (Lipinski definition) is 3. The molecular formula is C11H5Cl2FN4. The summed E-state index contributed by atoms with van der Waals surface area (Å²) in [7, 11) is 0. The average molecular weight is 283 g/mol. The van der Waals surface area contributed by atoms with Gasteiger partial charge in [-0.3, -0.25) is 0 Å². The highest BCUT2D eigenvalue weighted by Crippen LogP contribution is 2.27. The van der Waals surface area contributed by atoms with Crippen molar-refractivity contribution in [2.75, 3.05) is 0 Å². The molecule has 0 bridgehead atoms. The van der Waals surface area contributed by atoms with Gasteiger partial charge in [-0.15, -0.1) is 10.2 Å². The minimum Gasteiger partial charge on any atom is -0.207 e. The second-order valence-electron chi connectivity index (χ2n) is 3.57. The zero-order valence-corrected chi connectivity index (χ0v) is 10.3. The lowest BCUT2D eigenvalue weighted by atomic mass is 10.2. The number of halogens is 3. The third-order valence-corrected chi connectivity index (χ3v) is 2.92. The standard InChI is InChI=1S/C11H5Cl2FN4/c12-8-5-6(14)1-2-7(8)11-16-15-10-4-3-9(13)17-18(10)11/h1-5H. The van der Waals surface area contributed by atoms with Crippen LogP contribution in [-0.4, -0.2) is 19.8 Å². The van der Waals surface area contributed by atoms with Crippen LogP contribution in [0.15, 0.2) is 30.3 Å². The summed E-state index contributed by atoms with van der Waals surface area (Å²) in [5.41, 5.74) is 1.08. The predicted molar refractivity (Wildman–Crippen MR) is 66.2 cm³/mol. The lowest BCUT2D eigenvalue weighted by Gasteiger charge is -2.02. The molecule has 3 aromatic rings. The topological polar surface area (TPSA) is 43.1 Å². The van der Waals surface area contributed by atoms with Crippen molar-refractivity contribution in [3.05, 3.63) is 46.3 Å². The Labute approximate surface area is 111 Å². The van der Waals surface area contributed by atoms with Gasteiger partial charge in [-0.1, -0.05) is 23.2 Å². The van der Waals surface area contributed by atoms with Crippen LogP contribution in [0.5, 0.6) is 0 Å². The second-order valence-corrected chi connectivity index (χ2v) is 4.37. The molecule has 0 unspecified atom stereocenters. The van der Waals surface area contributed by atoms with E-state index in [9.17, 15) is 4.39 Å². The van der Waals surface area contributed by atoms with Crippen LogP contribution in [0.2, 0.25) is 10.2 Å². The maximum absolute atomic E-state index is 13.0. The Bertz CT molecular complexity index is 741. The van der Waals surface area contributed by atoms with Crippen LogP contribution in [0.25, 0.3) is 17.0 Å². The van der Waals surface area contributed by atoms with Crippen molar-refractivity contribution in [1.82, 2.24) is 19.8 Å². The third kappa shape index (κ3) is 1.81. The van der Waals surface area contributed by atoms with Crippen LogP contribution in [-0.2, 0) is 0 Å². The quantitative estimate of drug-likeness (QED) is 0.688. The summed E-state index contributed by atoms with van der Waals surface area (Å²) >= 11 is 11.8. The maximum Gasteiger partial charge on any atom is 0.186 e. The Hall–Kier alpha value is -1.72. The third-order valence-electron chi connectivity index (χ3n) is 2.40. The van der Waals surface area contributed by atoms with Gasteiger partial charge in [-0.25, -0.2) is 4.39 Å². The van der Waals surface area contributed by atoms with Crippen molar-refractivity contribution in [2.45, 2.75) is 0 Å². The van der Waals surface area contributed by atoms with E-state index in [-0.39, 0.29) is 5.02 Å². The molecule has 0 atom stereocenters. The van der Waals surface area contributed by atoms with Gasteiger partial charge in [0.15, 0.2) is 11.5 Å². The monoisotopic (exact) mass is 282 g/mol. The highest BCUT2D eigenvalue weighted by molar-refractivity contribution is 6.33. The van der Waals surface area contributed by atoms with E-state index in [1.807, 2.05) is 0 Å². The molecule has 0 aliphatic rings. The molecule has 0 radical (unpaired) electrons. The first-order chi connectivity index (χ1) is 8.65. The summed E-state index contributed by atoms with van der Waals surface area (Å²) in [4.78, 5) is 0. The fourth-order valence-corrected chi connectivity index (χ4v) is 2.00. The number of aromatic nitrogens is 4. The van der Waals surface area contributed by atoms with Gasteiger partial charge in [0, 0.05) is 5.56 Å². The second kappa shape index (κ2) is 4.19. The highest BCUT2D eigenvalue weighted by Gasteiger charge is 2.13. The maximum atomic E-state index is 13.0. The summed E-state index contributed by atoms with van der Waals surface area (Å²) in [5, 5.41) is 12.6. The summed E-state index contributed by atoms with van der Waals surface area (Å²) < 4.78 is 14.5. The first kappa shape index (κ1) is 11.4. The minimum absolute atomic E-state index is 0.242. The largest absolute Gasteiger partial charge is 0.207 e. The molecule has 0 aliphatic carbocycles. The molecule has 2 heterocycles. The molecule has 1 aromatic carbocycles. The summed E-state index contributed by atoms with van der Waals surface area (Å²) in [5.74, 6) is 0.000984. The Morgan fingerprint density at radius 1 is 1.06 bits per heavy atom. The zero-order valence-electron chi connectivity index (χ0n) is 8.81. The molecular weight excluding hydrogens is 278 g/mol. The molecule has 0 spiro atoms. The minimum atomic E-state index is -0.413. The first-order valence-electron chi connectivity index (χ1n) is 4.98. The lowest BCUT2D eigenvalue weighted by molar-refractivity contribution is 0.628. The van der Waals surface area contributed by atoms with Crippen LogP contribution in [0.4, 0.5) is 4.39 Å². The van der Waals surface area contributed by atoms with E-state index in [2.05, 4.69) is 15.3 Å².